The van der Waals surface area contributed by atoms with E-state index in [1.165, 1.54) is 62.3 Å². The molecular formula is C23H29N3O4S. The summed E-state index contributed by atoms with van der Waals surface area (Å²) in [6, 6.07) is 11.9. The van der Waals surface area contributed by atoms with Crippen LogP contribution in [0.1, 0.15) is 52.9 Å². The fourth-order valence-electron chi connectivity index (χ4n) is 3.67. The van der Waals surface area contributed by atoms with Crippen LogP contribution in [0.25, 0.3) is 0 Å². The smallest absolute Gasteiger partial charge is 0.251 e. The van der Waals surface area contributed by atoms with Gasteiger partial charge in [-0.05, 0) is 67.5 Å². The van der Waals surface area contributed by atoms with Crippen LogP contribution in [0.5, 0.6) is 0 Å². The number of hydrogen-bond donors (Lipinski definition) is 2. The van der Waals surface area contributed by atoms with Crippen molar-refractivity contribution in [2.45, 2.75) is 43.5 Å². The highest BCUT2D eigenvalue weighted by Crippen LogP contribution is 2.24. The number of sulfonamides is 1. The minimum atomic E-state index is -3.64. The van der Waals surface area contributed by atoms with Crippen molar-refractivity contribution in [1.82, 2.24) is 14.9 Å². The summed E-state index contributed by atoms with van der Waals surface area (Å²) >= 11 is 0. The van der Waals surface area contributed by atoms with Crippen LogP contribution in [-0.2, 0) is 27.7 Å². The van der Waals surface area contributed by atoms with Crippen LogP contribution in [0.2, 0.25) is 0 Å². The van der Waals surface area contributed by atoms with E-state index in [0.717, 1.165) is 22.7 Å². The van der Waals surface area contributed by atoms with Gasteiger partial charge in [0.05, 0.1) is 17.5 Å². The van der Waals surface area contributed by atoms with Crippen molar-refractivity contribution in [1.29, 1.82) is 0 Å². The molecule has 0 spiro atoms. The number of aryl methyl sites for hydroxylation is 2. The van der Waals surface area contributed by atoms with Crippen molar-refractivity contribution in [2.75, 3.05) is 20.6 Å². The van der Waals surface area contributed by atoms with E-state index < -0.39 is 15.9 Å². The van der Waals surface area contributed by atoms with Gasteiger partial charge in [0.25, 0.3) is 5.91 Å². The Morgan fingerprint density at radius 2 is 1.74 bits per heavy atom. The summed E-state index contributed by atoms with van der Waals surface area (Å²) in [5.41, 5.74) is 3.96. The molecule has 1 atom stereocenters. The van der Waals surface area contributed by atoms with Crippen LogP contribution in [0, 0.1) is 0 Å². The molecule has 0 bridgehead atoms. The lowest BCUT2D eigenvalue weighted by molar-refractivity contribution is -0.120. The zero-order valence-electron chi connectivity index (χ0n) is 18.1. The van der Waals surface area contributed by atoms with Crippen molar-refractivity contribution in [2.24, 2.45) is 0 Å². The summed E-state index contributed by atoms with van der Waals surface area (Å²) in [7, 11) is -0.790. The van der Waals surface area contributed by atoms with Gasteiger partial charge in [-0.3, -0.25) is 9.59 Å². The molecule has 1 unspecified atom stereocenters. The molecule has 2 aromatic rings. The van der Waals surface area contributed by atoms with Gasteiger partial charge in [0.15, 0.2) is 0 Å². The Morgan fingerprint density at radius 3 is 2.45 bits per heavy atom. The number of carbonyl (C=O) groups is 2. The zero-order valence-corrected chi connectivity index (χ0v) is 19.0. The van der Waals surface area contributed by atoms with Crippen molar-refractivity contribution < 1.29 is 18.0 Å². The van der Waals surface area contributed by atoms with Gasteiger partial charge in [-0.25, -0.2) is 12.7 Å². The highest BCUT2D eigenvalue weighted by molar-refractivity contribution is 7.89. The van der Waals surface area contributed by atoms with Crippen LogP contribution < -0.4 is 10.6 Å². The van der Waals surface area contributed by atoms with Crippen molar-refractivity contribution in [3.05, 3.63) is 64.7 Å². The van der Waals surface area contributed by atoms with Gasteiger partial charge >= 0.3 is 0 Å². The Bertz CT molecular complexity index is 1080. The molecule has 0 saturated carbocycles. The SMILES string of the molecule is CC(NC(=O)CNC(=O)c1cccc(S(=O)(=O)N(C)C)c1)c1ccc2c(c1)CCCC2. The predicted molar refractivity (Wildman–Crippen MR) is 119 cm³/mol. The Balaban J connectivity index is 1.58. The monoisotopic (exact) mass is 443 g/mol. The maximum Gasteiger partial charge on any atom is 0.251 e. The fraction of sp³-hybridized carbons (Fsp3) is 0.391. The number of nitrogens with zero attached hydrogens (tertiary/aromatic N) is 1. The molecule has 0 saturated heterocycles. The highest BCUT2D eigenvalue weighted by Gasteiger charge is 2.19. The third kappa shape index (κ3) is 5.51. The van der Waals surface area contributed by atoms with E-state index in [4.69, 9.17) is 0 Å². The Labute approximate surface area is 183 Å². The van der Waals surface area contributed by atoms with Crippen LogP contribution in [0.4, 0.5) is 0 Å². The van der Waals surface area contributed by atoms with Gasteiger partial charge in [-0.2, -0.15) is 0 Å². The molecule has 0 heterocycles. The normalized spacial score (nSPS) is 14.6. The summed E-state index contributed by atoms with van der Waals surface area (Å²) < 4.78 is 25.6. The van der Waals surface area contributed by atoms with Gasteiger partial charge in [0.2, 0.25) is 15.9 Å². The fourth-order valence-corrected chi connectivity index (χ4v) is 4.62. The molecule has 166 valence electrons. The standard InChI is InChI=1S/C23H29N3O4S/c1-16(18-12-11-17-7-4-5-8-19(17)13-18)25-22(27)15-24-23(28)20-9-6-10-21(14-20)31(29,30)26(2)3/h6,9-14,16H,4-5,7-8,15H2,1-3H3,(H,24,28)(H,25,27). The zero-order chi connectivity index (χ0) is 22.6. The summed E-state index contributed by atoms with van der Waals surface area (Å²) in [6.07, 6.45) is 4.60. The maximum atomic E-state index is 12.4. The van der Waals surface area contributed by atoms with E-state index in [1.54, 1.807) is 0 Å². The summed E-state index contributed by atoms with van der Waals surface area (Å²) in [4.78, 5) is 24.8. The van der Waals surface area contributed by atoms with E-state index in [2.05, 4.69) is 22.8 Å². The largest absolute Gasteiger partial charge is 0.348 e. The summed E-state index contributed by atoms with van der Waals surface area (Å²) in [5.74, 6) is -0.817. The lowest BCUT2D eigenvalue weighted by Gasteiger charge is -2.20. The third-order valence-corrected chi connectivity index (χ3v) is 7.35. The number of carbonyl (C=O) groups excluding carboxylic acids is 2. The van der Waals surface area contributed by atoms with E-state index >= 15 is 0 Å². The van der Waals surface area contributed by atoms with Crippen LogP contribution >= 0.6 is 0 Å². The molecule has 2 aromatic carbocycles. The van der Waals surface area contributed by atoms with Gasteiger partial charge in [0.1, 0.15) is 0 Å². The third-order valence-electron chi connectivity index (χ3n) is 5.53. The van der Waals surface area contributed by atoms with Gasteiger partial charge in [-0.15, -0.1) is 0 Å². The molecule has 1 aliphatic carbocycles. The van der Waals surface area contributed by atoms with E-state index in [1.807, 2.05) is 13.0 Å². The number of nitrogens with one attached hydrogen (secondary N) is 2. The van der Waals surface area contributed by atoms with E-state index in [9.17, 15) is 18.0 Å². The molecule has 31 heavy (non-hydrogen) atoms. The molecule has 7 nitrogen and oxygen atoms in total. The lowest BCUT2D eigenvalue weighted by atomic mass is 9.89. The Morgan fingerprint density at radius 1 is 1.03 bits per heavy atom. The number of fused-ring (bicyclic) bond motifs is 1. The second-order valence-corrected chi connectivity index (χ2v) is 10.2. The molecule has 0 aliphatic heterocycles. The van der Waals surface area contributed by atoms with Crippen molar-refractivity contribution in [3.8, 4) is 0 Å². The van der Waals surface area contributed by atoms with Crippen molar-refractivity contribution >= 4 is 21.8 Å². The quantitative estimate of drug-likeness (QED) is 0.687. The molecule has 1 aliphatic rings. The van der Waals surface area contributed by atoms with Crippen LogP contribution in [0.3, 0.4) is 0 Å². The molecule has 3 rings (SSSR count). The average molecular weight is 444 g/mol. The van der Waals surface area contributed by atoms with E-state index in [0.29, 0.717) is 0 Å². The number of amides is 2. The van der Waals surface area contributed by atoms with Crippen LogP contribution in [-0.4, -0.2) is 45.2 Å². The average Bonchev–Trinajstić information content (AvgIpc) is 2.77. The minimum absolute atomic E-state index is 0.0237. The number of rotatable bonds is 7. The first kappa shape index (κ1) is 23.0. The summed E-state index contributed by atoms with van der Waals surface area (Å²) in [5, 5.41) is 5.46. The van der Waals surface area contributed by atoms with Crippen molar-refractivity contribution in [3.63, 3.8) is 0 Å². The van der Waals surface area contributed by atoms with Gasteiger partial charge in [0, 0.05) is 19.7 Å². The predicted octanol–water partition coefficient (Wildman–Crippen LogP) is 2.42. The number of hydrogen-bond acceptors (Lipinski definition) is 4. The molecular weight excluding hydrogens is 414 g/mol. The highest BCUT2D eigenvalue weighted by atomic mass is 32.2. The van der Waals surface area contributed by atoms with Gasteiger partial charge in [-0.1, -0.05) is 24.3 Å². The first-order valence-corrected chi connectivity index (χ1v) is 11.8. The van der Waals surface area contributed by atoms with Crippen LogP contribution in [0.15, 0.2) is 47.4 Å². The molecule has 0 aromatic heterocycles. The van der Waals surface area contributed by atoms with E-state index in [-0.39, 0.29) is 29.0 Å². The molecule has 2 N–H and O–H groups in total. The second-order valence-electron chi connectivity index (χ2n) is 8.02. The second kappa shape index (κ2) is 9.62. The number of benzene rings is 2. The Hall–Kier alpha value is -2.71. The van der Waals surface area contributed by atoms with Gasteiger partial charge < -0.3 is 10.6 Å². The minimum Gasteiger partial charge on any atom is -0.348 e. The first-order valence-electron chi connectivity index (χ1n) is 10.4. The first-order chi connectivity index (χ1) is 14.7. The summed E-state index contributed by atoms with van der Waals surface area (Å²) in [6.45, 7) is 1.72. The molecule has 8 heteroatoms. The topological polar surface area (TPSA) is 95.6 Å². The molecule has 0 radical (unpaired) electrons. The molecule has 2 amide bonds. The molecule has 0 fully saturated rings. The maximum absolute atomic E-state index is 12.4. The lowest BCUT2D eigenvalue weighted by Crippen LogP contribution is -2.38. The Kier molecular flexibility index (Phi) is 7.12.